The Balaban J connectivity index is 2.21. The van der Waals surface area contributed by atoms with Gasteiger partial charge in [0.15, 0.2) is 0 Å². The first-order valence-corrected chi connectivity index (χ1v) is 4.28. The molecule has 0 aromatic carbocycles. The molecule has 0 fully saturated rings. The van der Waals surface area contributed by atoms with Crippen LogP contribution in [-0.4, -0.2) is 13.0 Å². The summed E-state index contributed by atoms with van der Waals surface area (Å²) in [7, 11) is 0. The molecule has 1 rings (SSSR count). The number of alkyl halides is 3. The average Bonchev–Trinajstić information content (AvgIpc) is 2.13. The molecule has 0 aliphatic heterocycles. The molecule has 1 aliphatic rings. The molecule has 0 saturated carbocycles. The molecular formula is C10H11F3O. The van der Waals surface area contributed by atoms with Gasteiger partial charge in [0.1, 0.15) is 0 Å². The first-order valence-electron chi connectivity index (χ1n) is 4.28. The van der Waals surface area contributed by atoms with Crippen LogP contribution >= 0.6 is 0 Å². The molecule has 0 radical (unpaired) electrons. The Morgan fingerprint density at radius 1 is 1.36 bits per heavy atom. The van der Waals surface area contributed by atoms with Gasteiger partial charge in [-0.3, -0.25) is 4.74 Å². The summed E-state index contributed by atoms with van der Waals surface area (Å²) in [5.74, 6) is 0.192. The van der Waals surface area contributed by atoms with Gasteiger partial charge in [-0.1, -0.05) is 36.5 Å². The van der Waals surface area contributed by atoms with Crippen molar-refractivity contribution < 1.29 is 17.9 Å². The molecular weight excluding hydrogens is 193 g/mol. The van der Waals surface area contributed by atoms with Gasteiger partial charge in [-0.2, -0.15) is 0 Å². The predicted octanol–water partition coefficient (Wildman–Crippen LogP) is 3.21. The molecule has 78 valence electrons. The van der Waals surface area contributed by atoms with E-state index in [9.17, 15) is 13.2 Å². The van der Waals surface area contributed by atoms with Crippen molar-refractivity contribution in [2.45, 2.75) is 12.8 Å². The topological polar surface area (TPSA) is 9.23 Å². The number of allylic oxidation sites excluding steroid dienone is 5. The van der Waals surface area contributed by atoms with E-state index in [0.29, 0.717) is 0 Å². The second kappa shape index (κ2) is 5.00. The zero-order valence-corrected chi connectivity index (χ0v) is 7.50. The Morgan fingerprint density at radius 2 is 2.14 bits per heavy atom. The lowest BCUT2D eigenvalue weighted by Gasteiger charge is -2.07. The van der Waals surface area contributed by atoms with Gasteiger partial charge in [-0.15, -0.1) is 13.2 Å². The molecule has 1 nitrogen and oxygen atoms in total. The summed E-state index contributed by atoms with van der Waals surface area (Å²) in [6, 6.07) is 0. The van der Waals surface area contributed by atoms with Crippen LogP contribution in [0.1, 0.15) is 6.42 Å². The third kappa shape index (κ3) is 4.87. The van der Waals surface area contributed by atoms with E-state index in [2.05, 4.69) is 4.74 Å². The van der Waals surface area contributed by atoms with Crippen LogP contribution < -0.4 is 0 Å². The summed E-state index contributed by atoms with van der Waals surface area (Å²) in [5.41, 5.74) is 0. The minimum atomic E-state index is -4.54. The maximum Gasteiger partial charge on any atom is 0.522 e. The summed E-state index contributed by atoms with van der Waals surface area (Å²) < 4.78 is 38.2. The van der Waals surface area contributed by atoms with E-state index < -0.39 is 13.0 Å². The van der Waals surface area contributed by atoms with Crippen LogP contribution in [0.25, 0.3) is 0 Å². The summed E-state index contributed by atoms with van der Waals surface area (Å²) in [4.78, 5) is 0. The minimum Gasteiger partial charge on any atom is -0.288 e. The first kappa shape index (κ1) is 11.0. The van der Waals surface area contributed by atoms with Crippen LogP contribution in [0.3, 0.4) is 0 Å². The van der Waals surface area contributed by atoms with Gasteiger partial charge < -0.3 is 0 Å². The van der Waals surface area contributed by atoms with E-state index in [4.69, 9.17) is 0 Å². The lowest BCUT2D eigenvalue weighted by Crippen LogP contribution is -2.13. The molecule has 1 aliphatic carbocycles. The Morgan fingerprint density at radius 3 is 2.71 bits per heavy atom. The zero-order valence-electron chi connectivity index (χ0n) is 7.50. The van der Waals surface area contributed by atoms with Gasteiger partial charge in [0.25, 0.3) is 0 Å². The first-order chi connectivity index (χ1) is 6.58. The largest absolute Gasteiger partial charge is 0.522 e. The normalized spacial score (nSPS) is 22.1. The van der Waals surface area contributed by atoms with Crippen molar-refractivity contribution >= 4 is 0 Å². The third-order valence-corrected chi connectivity index (χ3v) is 1.74. The van der Waals surface area contributed by atoms with Crippen molar-refractivity contribution in [3.63, 3.8) is 0 Å². The molecule has 1 unspecified atom stereocenters. The molecule has 0 spiro atoms. The Hall–Kier alpha value is -1.03. The molecule has 0 aromatic rings. The molecule has 1 atom stereocenters. The maximum absolute atomic E-state index is 11.5. The van der Waals surface area contributed by atoms with Gasteiger partial charge >= 0.3 is 6.36 Å². The molecule has 0 amide bonds. The highest BCUT2D eigenvalue weighted by atomic mass is 19.4. The van der Waals surface area contributed by atoms with Crippen LogP contribution in [0.5, 0.6) is 0 Å². The highest BCUT2D eigenvalue weighted by Gasteiger charge is 2.27. The smallest absolute Gasteiger partial charge is 0.288 e. The maximum atomic E-state index is 11.5. The minimum absolute atomic E-state index is 0.192. The van der Waals surface area contributed by atoms with Crippen LogP contribution in [0, 0.1) is 5.92 Å². The second-order valence-electron chi connectivity index (χ2n) is 2.90. The summed E-state index contributed by atoms with van der Waals surface area (Å²) in [5, 5.41) is 0. The molecule has 0 bridgehead atoms. The van der Waals surface area contributed by atoms with E-state index in [1.54, 1.807) is 6.08 Å². The predicted molar refractivity (Wildman–Crippen MR) is 47.5 cm³/mol. The molecule has 0 heterocycles. The van der Waals surface area contributed by atoms with E-state index in [0.717, 1.165) is 6.42 Å². The third-order valence-electron chi connectivity index (χ3n) is 1.74. The van der Waals surface area contributed by atoms with Crippen LogP contribution in [0.15, 0.2) is 36.5 Å². The van der Waals surface area contributed by atoms with Crippen LogP contribution in [0.2, 0.25) is 0 Å². The average molecular weight is 204 g/mol. The van der Waals surface area contributed by atoms with Crippen molar-refractivity contribution in [3.8, 4) is 0 Å². The van der Waals surface area contributed by atoms with Crippen LogP contribution in [0.4, 0.5) is 13.2 Å². The summed E-state index contributed by atoms with van der Waals surface area (Å²) >= 11 is 0. The van der Waals surface area contributed by atoms with Crippen molar-refractivity contribution in [2.24, 2.45) is 5.92 Å². The lowest BCUT2D eigenvalue weighted by atomic mass is 10.0. The van der Waals surface area contributed by atoms with Crippen molar-refractivity contribution in [1.29, 1.82) is 0 Å². The molecule has 0 aromatic heterocycles. The SMILES string of the molecule is FC(F)(F)OC/C=C/C1C=CC=CC1. The van der Waals surface area contributed by atoms with Gasteiger partial charge in [-0.25, -0.2) is 0 Å². The Kier molecular flexibility index (Phi) is 3.95. The number of hydrogen-bond acceptors (Lipinski definition) is 1. The van der Waals surface area contributed by atoms with E-state index in [-0.39, 0.29) is 5.92 Å². The lowest BCUT2D eigenvalue weighted by molar-refractivity contribution is -0.319. The fraction of sp³-hybridized carbons (Fsp3) is 0.400. The quantitative estimate of drug-likeness (QED) is 0.641. The molecule has 14 heavy (non-hydrogen) atoms. The van der Waals surface area contributed by atoms with E-state index >= 15 is 0 Å². The highest BCUT2D eigenvalue weighted by molar-refractivity contribution is 5.15. The fourth-order valence-electron chi connectivity index (χ4n) is 1.12. The summed E-state index contributed by atoms with van der Waals surface area (Å²) in [6.45, 7) is -0.419. The van der Waals surface area contributed by atoms with Crippen LogP contribution in [-0.2, 0) is 4.74 Å². The Bertz CT molecular complexity index is 251. The summed E-state index contributed by atoms with van der Waals surface area (Å²) in [6.07, 6.45) is 7.10. The standard InChI is InChI=1S/C10H11F3O/c11-10(12,13)14-8-4-7-9-5-2-1-3-6-9/h1-5,7,9H,6,8H2/b7-4+. The van der Waals surface area contributed by atoms with Gasteiger partial charge in [0.05, 0.1) is 6.61 Å². The van der Waals surface area contributed by atoms with Gasteiger partial charge in [-0.05, 0) is 12.3 Å². The zero-order chi connectivity index (χ0) is 10.4. The second-order valence-corrected chi connectivity index (χ2v) is 2.90. The number of hydrogen-bond donors (Lipinski definition) is 0. The van der Waals surface area contributed by atoms with Gasteiger partial charge in [0.2, 0.25) is 0 Å². The van der Waals surface area contributed by atoms with Gasteiger partial charge in [0, 0.05) is 0 Å². The monoisotopic (exact) mass is 204 g/mol. The number of rotatable bonds is 3. The molecule has 4 heteroatoms. The number of ether oxygens (including phenoxy) is 1. The van der Waals surface area contributed by atoms with E-state index in [1.807, 2.05) is 24.3 Å². The molecule has 0 saturated heterocycles. The highest BCUT2D eigenvalue weighted by Crippen LogP contribution is 2.16. The fourth-order valence-corrected chi connectivity index (χ4v) is 1.12. The van der Waals surface area contributed by atoms with E-state index in [1.165, 1.54) is 6.08 Å². The van der Waals surface area contributed by atoms with Crippen molar-refractivity contribution in [2.75, 3.05) is 6.61 Å². The van der Waals surface area contributed by atoms with Crippen molar-refractivity contribution in [1.82, 2.24) is 0 Å². The Labute approximate surface area is 80.6 Å². The number of halogens is 3. The van der Waals surface area contributed by atoms with Crippen molar-refractivity contribution in [3.05, 3.63) is 36.5 Å². The molecule has 0 N–H and O–H groups in total.